The van der Waals surface area contributed by atoms with Crippen LogP contribution >= 0.6 is 0 Å². The van der Waals surface area contributed by atoms with Crippen LogP contribution in [0.2, 0.25) is 0 Å². The van der Waals surface area contributed by atoms with Crippen molar-refractivity contribution in [2.24, 2.45) is 0 Å². The third-order valence-electron chi connectivity index (χ3n) is 1.72. The van der Waals surface area contributed by atoms with Crippen LogP contribution in [0.5, 0.6) is 6.01 Å². The third kappa shape index (κ3) is 2.20. The van der Waals surface area contributed by atoms with Gasteiger partial charge < -0.3 is 14.6 Å². The van der Waals surface area contributed by atoms with Crippen LogP contribution in [0.3, 0.4) is 0 Å². The number of aromatic nitrogens is 2. The summed E-state index contributed by atoms with van der Waals surface area (Å²) in [6, 6.07) is -0.546. The molecule has 0 spiro atoms. The number of alkyl halides is 3. The number of hydrogen-bond acceptors (Lipinski definition) is 5. The Morgan fingerprint density at radius 2 is 1.94 bits per heavy atom. The maximum Gasteiger partial charge on any atom is 0.434 e. The number of carbonyl (C=O) groups is 1. The number of methoxy groups -OCH3 is 1. The molecule has 0 aliphatic rings. The van der Waals surface area contributed by atoms with Gasteiger partial charge in [-0.25, -0.2) is 0 Å². The number of aromatic carboxylic acids is 1. The van der Waals surface area contributed by atoms with Gasteiger partial charge in [0.25, 0.3) is 0 Å². The van der Waals surface area contributed by atoms with Gasteiger partial charge in [0.15, 0.2) is 5.69 Å². The molecule has 0 radical (unpaired) electrons. The summed E-state index contributed by atoms with van der Waals surface area (Å²) in [5.41, 5.74) is -3.01. The average molecular weight is 235 g/mol. The number of ether oxygens (including phenoxy) is 1. The van der Waals surface area contributed by atoms with Gasteiger partial charge in [0.05, 0.1) is 18.8 Å². The predicted octanol–water partition coefficient (Wildman–Crippen LogP) is 0.176. The zero-order valence-electron chi connectivity index (χ0n) is 8.25. The Labute approximate surface area is 87.9 Å². The van der Waals surface area contributed by atoms with E-state index in [9.17, 15) is 23.1 Å². The van der Waals surface area contributed by atoms with Crippen molar-refractivity contribution in [2.75, 3.05) is 7.11 Å². The van der Waals surface area contributed by atoms with Crippen LogP contribution in [0.4, 0.5) is 13.2 Å². The summed E-state index contributed by atoms with van der Waals surface area (Å²) >= 11 is 0. The number of carboxylic acids is 1. The van der Waals surface area contributed by atoms with E-state index in [2.05, 4.69) is 14.7 Å². The van der Waals surface area contributed by atoms with E-state index in [0.29, 0.717) is 0 Å². The summed E-state index contributed by atoms with van der Waals surface area (Å²) in [4.78, 5) is 17.0. The zero-order valence-corrected chi connectivity index (χ0v) is 8.25. The van der Waals surface area contributed by atoms with Gasteiger partial charge in [-0.05, 0) is 6.92 Å². The molecule has 1 rings (SSSR count). The fourth-order valence-electron chi connectivity index (χ4n) is 1.09. The van der Waals surface area contributed by atoms with Gasteiger partial charge in [-0.1, -0.05) is 0 Å². The van der Waals surface area contributed by atoms with E-state index < -0.39 is 29.4 Å². The van der Waals surface area contributed by atoms with E-state index >= 15 is 0 Å². The first-order chi connectivity index (χ1) is 7.27. The smallest absolute Gasteiger partial charge is 0.434 e. The molecule has 0 aliphatic carbocycles. The van der Waals surface area contributed by atoms with Crippen LogP contribution in [0.1, 0.15) is 21.7 Å². The lowest BCUT2D eigenvalue weighted by Gasteiger charge is -2.15. The molecule has 0 N–H and O–H groups in total. The summed E-state index contributed by atoms with van der Waals surface area (Å²) in [5.74, 6) is -1.98. The van der Waals surface area contributed by atoms with Crippen molar-refractivity contribution in [3.63, 3.8) is 0 Å². The van der Waals surface area contributed by atoms with Gasteiger partial charge in [-0.3, -0.25) is 0 Å². The first-order valence-electron chi connectivity index (χ1n) is 3.98. The highest BCUT2D eigenvalue weighted by Gasteiger charge is 2.37. The molecule has 0 atom stereocenters. The van der Waals surface area contributed by atoms with Gasteiger partial charge in [-0.2, -0.15) is 23.1 Å². The first kappa shape index (κ1) is 12.2. The molecule has 1 aromatic heterocycles. The maximum atomic E-state index is 12.5. The lowest BCUT2D eigenvalue weighted by molar-refractivity contribution is -0.256. The Morgan fingerprint density at radius 3 is 2.31 bits per heavy atom. The lowest BCUT2D eigenvalue weighted by atomic mass is 10.1. The molecule has 0 aromatic carbocycles. The monoisotopic (exact) mass is 235 g/mol. The van der Waals surface area contributed by atoms with E-state index in [0.717, 1.165) is 14.0 Å². The summed E-state index contributed by atoms with van der Waals surface area (Å²) in [5, 5.41) is 10.6. The molecule has 0 aliphatic heterocycles. The summed E-state index contributed by atoms with van der Waals surface area (Å²) < 4.78 is 41.8. The van der Waals surface area contributed by atoms with E-state index in [4.69, 9.17) is 0 Å². The second-order valence-corrected chi connectivity index (χ2v) is 2.80. The molecule has 16 heavy (non-hydrogen) atoms. The van der Waals surface area contributed by atoms with Gasteiger partial charge >= 0.3 is 12.2 Å². The normalized spacial score (nSPS) is 11.3. The second kappa shape index (κ2) is 3.95. The minimum atomic E-state index is -4.91. The average Bonchev–Trinajstić information content (AvgIpc) is 2.14. The highest BCUT2D eigenvalue weighted by molar-refractivity contribution is 5.88. The third-order valence-corrected chi connectivity index (χ3v) is 1.72. The van der Waals surface area contributed by atoms with Crippen LogP contribution in [0.25, 0.3) is 0 Å². The van der Waals surface area contributed by atoms with Gasteiger partial charge in [0, 0.05) is 5.56 Å². The van der Waals surface area contributed by atoms with Gasteiger partial charge in [0.2, 0.25) is 0 Å². The zero-order chi connectivity index (χ0) is 12.5. The number of halogens is 3. The van der Waals surface area contributed by atoms with Crippen molar-refractivity contribution in [3.8, 4) is 6.01 Å². The summed E-state index contributed by atoms with van der Waals surface area (Å²) in [7, 11) is 1.08. The Balaban J connectivity index is 3.53. The molecule has 0 unspecified atom stereocenters. The molecule has 5 nitrogen and oxygen atoms in total. The largest absolute Gasteiger partial charge is 0.545 e. The molecule has 1 aromatic rings. The minimum absolute atomic E-state index is 0.362. The summed E-state index contributed by atoms with van der Waals surface area (Å²) in [6.07, 6.45) is -4.91. The number of carboxylic acid groups (broad SMARTS) is 1. The fourth-order valence-corrected chi connectivity index (χ4v) is 1.09. The van der Waals surface area contributed by atoms with Crippen molar-refractivity contribution < 1.29 is 27.8 Å². The standard InChI is InChI=1S/C8H7F3N2O3/c1-3-4(6(14)15)5(8(9,10)11)13-7(12-3)16-2/h1-2H3,(H,14,15)/p-1. The van der Waals surface area contributed by atoms with Crippen LogP contribution in [0.15, 0.2) is 0 Å². The van der Waals surface area contributed by atoms with Gasteiger partial charge in [0.1, 0.15) is 0 Å². The van der Waals surface area contributed by atoms with Crippen LogP contribution in [-0.4, -0.2) is 23.0 Å². The lowest BCUT2D eigenvalue weighted by Crippen LogP contribution is -2.29. The Hall–Kier alpha value is -1.86. The maximum absolute atomic E-state index is 12.5. The highest BCUT2D eigenvalue weighted by Crippen LogP contribution is 2.32. The summed E-state index contributed by atoms with van der Waals surface area (Å²) in [6.45, 7) is 1.10. The number of hydrogen-bond donors (Lipinski definition) is 0. The van der Waals surface area contributed by atoms with Crippen molar-refractivity contribution in [3.05, 3.63) is 17.0 Å². The Kier molecular flexibility index (Phi) is 3.02. The molecular weight excluding hydrogens is 229 g/mol. The molecule has 88 valence electrons. The molecule has 0 amide bonds. The highest BCUT2D eigenvalue weighted by atomic mass is 19.4. The number of rotatable bonds is 2. The Morgan fingerprint density at radius 1 is 1.38 bits per heavy atom. The van der Waals surface area contributed by atoms with Crippen molar-refractivity contribution in [1.82, 2.24) is 9.97 Å². The molecule has 1 heterocycles. The van der Waals surface area contributed by atoms with Crippen LogP contribution < -0.4 is 9.84 Å². The van der Waals surface area contributed by atoms with Crippen molar-refractivity contribution in [2.45, 2.75) is 13.1 Å². The minimum Gasteiger partial charge on any atom is -0.545 e. The van der Waals surface area contributed by atoms with Gasteiger partial charge in [-0.15, -0.1) is 0 Å². The number of nitrogens with zero attached hydrogens (tertiary/aromatic N) is 2. The predicted molar refractivity (Wildman–Crippen MR) is 42.7 cm³/mol. The molecule has 0 bridgehead atoms. The molecule has 0 saturated heterocycles. The number of carbonyl (C=O) groups excluding carboxylic acids is 1. The SMILES string of the molecule is COc1nc(C)c(C(=O)[O-])c(C(F)(F)F)n1. The topological polar surface area (TPSA) is 75.1 Å². The van der Waals surface area contributed by atoms with E-state index in [1.165, 1.54) is 0 Å². The van der Waals surface area contributed by atoms with Crippen molar-refractivity contribution in [1.29, 1.82) is 0 Å². The van der Waals surface area contributed by atoms with E-state index in [1.807, 2.05) is 0 Å². The second-order valence-electron chi connectivity index (χ2n) is 2.80. The fraction of sp³-hybridized carbons (Fsp3) is 0.375. The van der Waals surface area contributed by atoms with Crippen molar-refractivity contribution >= 4 is 5.97 Å². The molecule has 0 saturated carbocycles. The molecule has 8 heteroatoms. The quantitative estimate of drug-likeness (QED) is 0.730. The molecular formula is C8H6F3N2O3-. The van der Waals surface area contributed by atoms with Crippen LogP contribution in [-0.2, 0) is 6.18 Å². The molecule has 0 fully saturated rings. The van der Waals surface area contributed by atoms with Crippen LogP contribution in [0, 0.1) is 6.92 Å². The van der Waals surface area contributed by atoms with E-state index in [1.54, 1.807) is 0 Å². The Bertz CT molecular complexity index is 431. The first-order valence-corrected chi connectivity index (χ1v) is 3.98. The van der Waals surface area contributed by atoms with E-state index in [-0.39, 0.29) is 5.69 Å². The number of aryl methyl sites for hydroxylation is 1.